The number of carbonyl (C=O) groups excluding carboxylic acids is 1. The van der Waals surface area contributed by atoms with E-state index in [0.29, 0.717) is 4.34 Å². The molecule has 0 bridgehead atoms. The Bertz CT molecular complexity index is 1080. The number of halogens is 1. The zero-order valence-corrected chi connectivity index (χ0v) is 18.7. The summed E-state index contributed by atoms with van der Waals surface area (Å²) in [4.78, 5) is 14.2. The lowest BCUT2D eigenvalue weighted by atomic mass is 10.2. The van der Waals surface area contributed by atoms with Crippen molar-refractivity contribution in [2.45, 2.75) is 22.1 Å². The molecule has 0 saturated carbocycles. The van der Waals surface area contributed by atoms with Gasteiger partial charge in [-0.15, -0.1) is 11.3 Å². The van der Waals surface area contributed by atoms with Gasteiger partial charge in [0.05, 0.1) is 15.3 Å². The van der Waals surface area contributed by atoms with Crippen molar-refractivity contribution in [3.63, 3.8) is 0 Å². The first-order valence-electron chi connectivity index (χ1n) is 8.73. The quantitative estimate of drug-likeness (QED) is 0.680. The first kappa shape index (κ1) is 22.2. The minimum absolute atomic E-state index is 0.0742. The minimum atomic E-state index is -3.83. The van der Waals surface area contributed by atoms with Gasteiger partial charge in [-0.2, -0.15) is 9.03 Å². The maximum absolute atomic E-state index is 12.7. The number of nitrogens with zero attached hydrogens (tertiary/aromatic N) is 2. The van der Waals surface area contributed by atoms with E-state index in [0.717, 1.165) is 11.3 Å². The van der Waals surface area contributed by atoms with Gasteiger partial charge in [-0.1, -0.05) is 29.8 Å². The van der Waals surface area contributed by atoms with Crippen LogP contribution in [0.15, 0.2) is 51.6 Å². The average molecular weight is 478 g/mol. The Morgan fingerprint density at radius 1 is 1.03 bits per heavy atom. The normalized spacial score (nSPS) is 17.2. The molecule has 0 unspecified atom stereocenters. The maximum Gasteiger partial charge on any atom is 0.252 e. The van der Waals surface area contributed by atoms with Crippen LogP contribution in [0.3, 0.4) is 0 Å². The van der Waals surface area contributed by atoms with Crippen LogP contribution in [-0.4, -0.2) is 64.2 Å². The van der Waals surface area contributed by atoms with Crippen molar-refractivity contribution in [3.05, 3.63) is 46.8 Å². The molecule has 8 nitrogen and oxygen atoms in total. The number of amides is 1. The molecule has 1 aliphatic heterocycles. The molecule has 1 aromatic carbocycles. The second-order valence-electron chi connectivity index (χ2n) is 6.44. The van der Waals surface area contributed by atoms with Gasteiger partial charge in [0.2, 0.25) is 15.9 Å². The smallest absolute Gasteiger partial charge is 0.252 e. The third-order valence-corrected chi connectivity index (χ3v) is 9.60. The molecule has 1 aromatic heterocycles. The van der Waals surface area contributed by atoms with Crippen LogP contribution < -0.4 is 4.72 Å². The van der Waals surface area contributed by atoms with Crippen LogP contribution in [0.5, 0.6) is 0 Å². The predicted octanol–water partition coefficient (Wildman–Crippen LogP) is 1.60. The molecule has 0 spiro atoms. The highest BCUT2D eigenvalue weighted by molar-refractivity contribution is 7.91. The maximum atomic E-state index is 12.7. The Balaban J connectivity index is 1.61. The van der Waals surface area contributed by atoms with Crippen LogP contribution in [-0.2, 0) is 24.8 Å². The monoisotopic (exact) mass is 477 g/mol. The third-order valence-electron chi connectivity index (χ3n) is 4.45. The van der Waals surface area contributed by atoms with Gasteiger partial charge in [0, 0.05) is 26.2 Å². The second kappa shape index (κ2) is 8.70. The third kappa shape index (κ3) is 4.98. The fraction of sp³-hybridized carbons (Fsp3) is 0.353. The molecular weight excluding hydrogens is 458 g/mol. The summed E-state index contributed by atoms with van der Waals surface area (Å²) in [5, 5.41) is 0. The summed E-state index contributed by atoms with van der Waals surface area (Å²) in [5.41, 5.74) is 0. The molecule has 1 fully saturated rings. The van der Waals surface area contributed by atoms with Gasteiger partial charge >= 0.3 is 0 Å². The van der Waals surface area contributed by atoms with E-state index in [9.17, 15) is 21.6 Å². The molecule has 1 N–H and O–H groups in total. The molecule has 158 valence electrons. The standard InChI is InChI=1S/C17H20ClN3O5S3/c1-13(19-28(23,24)14-5-3-2-4-6-14)17(22)20-9-11-21(12-10-20)29(25,26)16-8-7-15(18)27-16/h2-8,13,19H,9-12H2,1H3/t13-/m0/s1. The summed E-state index contributed by atoms with van der Waals surface area (Å²) >= 11 is 6.81. The van der Waals surface area contributed by atoms with E-state index in [2.05, 4.69) is 4.72 Å². The molecule has 2 heterocycles. The lowest BCUT2D eigenvalue weighted by Gasteiger charge is -2.35. The Labute approximate surface area is 179 Å². The van der Waals surface area contributed by atoms with Gasteiger partial charge in [-0.05, 0) is 31.2 Å². The van der Waals surface area contributed by atoms with E-state index < -0.39 is 32.0 Å². The van der Waals surface area contributed by atoms with Crippen LogP contribution in [0.25, 0.3) is 0 Å². The number of hydrogen-bond acceptors (Lipinski definition) is 6. The fourth-order valence-electron chi connectivity index (χ4n) is 2.94. The molecule has 1 amide bonds. The fourth-order valence-corrected chi connectivity index (χ4v) is 7.21. The number of thiophene rings is 1. The molecule has 0 aliphatic carbocycles. The number of nitrogens with one attached hydrogen (secondary N) is 1. The first-order valence-corrected chi connectivity index (χ1v) is 12.8. The molecule has 29 heavy (non-hydrogen) atoms. The van der Waals surface area contributed by atoms with Crippen molar-refractivity contribution in [1.29, 1.82) is 0 Å². The number of hydrogen-bond donors (Lipinski definition) is 1. The number of rotatable bonds is 6. The Kier molecular flexibility index (Phi) is 6.66. The highest BCUT2D eigenvalue weighted by Gasteiger charge is 2.33. The van der Waals surface area contributed by atoms with Crippen LogP contribution in [0.2, 0.25) is 4.34 Å². The zero-order chi connectivity index (χ0) is 21.2. The van der Waals surface area contributed by atoms with Crippen LogP contribution in [0.4, 0.5) is 0 Å². The van der Waals surface area contributed by atoms with Crippen molar-refractivity contribution in [1.82, 2.24) is 13.9 Å². The van der Waals surface area contributed by atoms with Crippen LogP contribution >= 0.6 is 22.9 Å². The van der Waals surface area contributed by atoms with Gasteiger partial charge in [-0.25, -0.2) is 16.8 Å². The Morgan fingerprint density at radius 3 is 2.21 bits per heavy atom. The van der Waals surface area contributed by atoms with Crippen LogP contribution in [0, 0.1) is 0 Å². The van der Waals surface area contributed by atoms with E-state index in [1.807, 2.05) is 0 Å². The summed E-state index contributed by atoms with van der Waals surface area (Å²) < 4.78 is 54.3. The summed E-state index contributed by atoms with van der Waals surface area (Å²) in [5.74, 6) is -0.402. The molecule has 1 atom stereocenters. The Morgan fingerprint density at radius 2 is 1.66 bits per heavy atom. The highest BCUT2D eigenvalue weighted by atomic mass is 35.5. The molecule has 2 aromatic rings. The number of piperazine rings is 1. The molecular formula is C17H20ClN3O5S3. The van der Waals surface area contributed by atoms with Gasteiger partial charge in [0.25, 0.3) is 10.0 Å². The molecule has 1 aliphatic rings. The summed E-state index contributed by atoms with van der Waals surface area (Å²) in [6.45, 7) is 2.08. The minimum Gasteiger partial charge on any atom is -0.339 e. The van der Waals surface area contributed by atoms with E-state index in [-0.39, 0.29) is 35.3 Å². The van der Waals surface area contributed by atoms with Crippen molar-refractivity contribution in [2.24, 2.45) is 0 Å². The molecule has 1 saturated heterocycles. The lowest BCUT2D eigenvalue weighted by molar-refractivity contribution is -0.133. The summed E-state index contributed by atoms with van der Waals surface area (Å²) in [6.07, 6.45) is 0. The lowest BCUT2D eigenvalue weighted by Crippen LogP contribution is -2.54. The number of benzene rings is 1. The van der Waals surface area contributed by atoms with Crippen molar-refractivity contribution in [3.8, 4) is 0 Å². The second-order valence-corrected chi connectivity index (χ2v) is 12.0. The average Bonchev–Trinajstić information content (AvgIpc) is 3.15. The molecule has 3 rings (SSSR count). The van der Waals surface area contributed by atoms with Gasteiger partial charge in [0.1, 0.15) is 4.21 Å². The van der Waals surface area contributed by atoms with Crippen LogP contribution in [0.1, 0.15) is 6.92 Å². The zero-order valence-electron chi connectivity index (χ0n) is 15.5. The van der Waals surface area contributed by atoms with E-state index >= 15 is 0 Å². The highest BCUT2D eigenvalue weighted by Crippen LogP contribution is 2.28. The summed E-state index contributed by atoms with van der Waals surface area (Å²) in [7, 11) is -7.48. The summed E-state index contributed by atoms with van der Waals surface area (Å²) in [6, 6.07) is 9.80. The topological polar surface area (TPSA) is 104 Å². The molecule has 0 radical (unpaired) electrons. The molecule has 12 heteroatoms. The first-order chi connectivity index (χ1) is 13.6. The van der Waals surface area contributed by atoms with Crippen molar-refractivity contribution in [2.75, 3.05) is 26.2 Å². The largest absolute Gasteiger partial charge is 0.339 e. The predicted molar refractivity (Wildman–Crippen MR) is 111 cm³/mol. The van der Waals surface area contributed by atoms with Gasteiger partial charge in [0.15, 0.2) is 0 Å². The van der Waals surface area contributed by atoms with Gasteiger partial charge < -0.3 is 4.90 Å². The van der Waals surface area contributed by atoms with E-state index in [1.165, 1.54) is 40.4 Å². The Hall–Kier alpha value is -1.50. The van der Waals surface area contributed by atoms with E-state index in [1.54, 1.807) is 18.2 Å². The van der Waals surface area contributed by atoms with Crippen molar-refractivity contribution < 1.29 is 21.6 Å². The number of sulfonamides is 2. The number of carbonyl (C=O) groups is 1. The van der Waals surface area contributed by atoms with Crippen molar-refractivity contribution >= 4 is 48.9 Å². The SMILES string of the molecule is C[C@H](NS(=O)(=O)c1ccccc1)C(=O)N1CCN(S(=O)(=O)c2ccc(Cl)s2)CC1. The van der Waals surface area contributed by atoms with Gasteiger partial charge in [-0.3, -0.25) is 4.79 Å². The van der Waals surface area contributed by atoms with E-state index in [4.69, 9.17) is 11.6 Å².